The third-order valence-corrected chi connectivity index (χ3v) is 2.21. The van der Waals surface area contributed by atoms with Crippen LogP contribution < -0.4 is 0 Å². The van der Waals surface area contributed by atoms with E-state index in [0.717, 1.165) is 0 Å². The molecule has 58 valence electrons. The van der Waals surface area contributed by atoms with Crippen molar-refractivity contribution < 1.29 is 13.0 Å². The topological polar surface area (TPSA) is 54.4 Å². The number of rotatable bonds is 2. The van der Waals surface area contributed by atoms with E-state index in [-0.39, 0.29) is 0 Å². The summed E-state index contributed by atoms with van der Waals surface area (Å²) >= 11 is 0. The van der Waals surface area contributed by atoms with Crippen molar-refractivity contribution >= 4 is 10.1 Å². The molecule has 0 radical (unpaired) electrons. The molecule has 10 heavy (non-hydrogen) atoms. The second kappa shape index (κ2) is 3.59. The second-order valence-electron chi connectivity index (χ2n) is 1.81. The summed E-state index contributed by atoms with van der Waals surface area (Å²) in [5, 5.41) is -0.919. The van der Waals surface area contributed by atoms with Gasteiger partial charge in [-0.1, -0.05) is 12.8 Å². The van der Waals surface area contributed by atoms with Crippen molar-refractivity contribution in [1.29, 1.82) is 0 Å². The van der Waals surface area contributed by atoms with Crippen LogP contribution >= 0.6 is 0 Å². The molecule has 1 atom stereocenters. The van der Waals surface area contributed by atoms with Gasteiger partial charge in [0.25, 0.3) is 10.1 Å². The highest BCUT2D eigenvalue weighted by Crippen LogP contribution is 2.00. The maximum Gasteiger partial charge on any atom is 0.279 e. The summed E-state index contributed by atoms with van der Waals surface area (Å²) in [6, 6.07) is 0. The van der Waals surface area contributed by atoms with Crippen molar-refractivity contribution in [3.63, 3.8) is 0 Å². The maximum absolute atomic E-state index is 10.4. The van der Waals surface area contributed by atoms with E-state index in [9.17, 15) is 8.42 Å². The molecule has 0 saturated carbocycles. The van der Waals surface area contributed by atoms with Crippen LogP contribution in [0.2, 0.25) is 0 Å². The molecule has 0 bridgehead atoms. The van der Waals surface area contributed by atoms with Gasteiger partial charge >= 0.3 is 0 Å². The van der Waals surface area contributed by atoms with Crippen LogP contribution in [0.4, 0.5) is 0 Å². The van der Waals surface area contributed by atoms with Crippen LogP contribution in [0.3, 0.4) is 0 Å². The van der Waals surface area contributed by atoms with Gasteiger partial charge in [0.05, 0.1) is 0 Å². The summed E-state index contributed by atoms with van der Waals surface area (Å²) < 4.78 is 29.3. The fraction of sp³-hybridized carbons (Fsp3) is 0.667. The monoisotopic (exact) mass is 162 g/mol. The molecule has 0 aliphatic heterocycles. The molecule has 0 heterocycles. The molecular weight excluding hydrogens is 152 g/mol. The van der Waals surface area contributed by atoms with Crippen LogP contribution in [0.25, 0.3) is 0 Å². The third-order valence-electron chi connectivity index (χ3n) is 1.04. The van der Waals surface area contributed by atoms with E-state index < -0.39 is 15.4 Å². The van der Waals surface area contributed by atoms with E-state index in [4.69, 9.17) is 4.55 Å². The molecule has 0 aromatic carbocycles. The highest BCUT2D eigenvalue weighted by Gasteiger charge is 2.16. The van der Waals surface area contributed by atoms with E-state index in [2.05, 4.69) is 11.8 Å². The molecule has 1 N–H and O–H groups in total. The zero-order chi connectivity index (χ0) is 8.20. The Morgan fingerprint density at radius 2 is 2.10 bits per heavy atom. The summed E-state index contributed by atoms with van der Waals surface area (Å²) in [6.45, 7) is 3.19. The summed E-state index contributed by atoms with van der Waals surface area (Å²) in [6.07, 6.45) is 0.319. The minimum Gasteiger partial charge on any atom is -0.285 e. The molecule has 1 unspecified atom stereocenters. The molecule has 3 nitrogen and oxygen atoms in total. The SMILES string of the molecule is CC#CC(CC)S(=O)(=O)O. The van der Waals surface area contributed by atoms with Crippen LogP contribution in [-0.4, -0.2) is 18.2 Å². The fourth-order valence-electron chi connectivity index (χ4n) is 0.548. The van der Waals surface area contributed by atoms with Crippen LogP contribution in [0, 0.1) is 11.8 Å². The maximum atomic E-state index is 10.4. The first-order chi connectivity index (χ1) is 4.52. The smallest absolute Gasteiger partial charge is 0.279 e. The predicted octanol–water partition coefficient (Wildman–Crippen LogP) is 0.676. The molecule has 0 aromatic rings. The minimum atomic E-state index is -3.95. The lowest BCUT2D eigenvalue weighted by Gasteiger charge is -2.00. The molecule has 0 aliphatic carbocycles. The van der Waals surface area contributed by atoms with Crippen molar-refractivity contribution in [2.75, 3.05) is 0 Å². The lowest BCUT2D eigenvalue weighted by Crippen LogP contribution is -2.16. The Morgan fingerprint density at radius 1 is 1.60 bits per heavy atom. The zero-order valence-corrected chi connectivity index (χ0v) is 6.77. The van der Waals surface area contributed by atoms with E-state index in [1.54, 1.807) is 6.92 Å². The summed E-state index contributed by atoms with van der Waals surface area (Å²) in [5.74, 6) is 4.82. The first-order valence-electron chi connectivity index (χ1n) is 2.91. The molecule has 0 aliphatic rings. The first kappa shape index (κ1) is 9.47. The first-order valence-corrected chi connectivity index (χ1v) is 4.41. The van der Waals surface area contributed by atoms with E-state index >= 15 is 0 Å². The Labute approximate surface area is 61.2 Å². The number of hydrogen-bond donors (Lipinski definition) is 1. The predicted molar refractivity (Wildman–Crippen MR) is 39.1 cm³/mol. The molecule has 0 aromatic heterocycles. The van der Waals surface area contributed by atoms with Gasteiger partial charge in [-0.15, -0.1) is 5.92 Å². The Hall–Kier alpha value is -0.530. The van der Waals surface area contributed by atoms with Gasteiger partial charge in [-0.05, 0) is 13.3 Å². The van der Waals surface area contributed by atoms with Crippen LogP contribution in [0.1, 0.15) is 20.3 Å². The largest absolute Gasteiger partial charge is 0.285 e. The second-order valence-corrected chi connectivity index (χ2v) is 3.41. The van der Waals surface area contributed by atoms with Crippen molar-refractivity contribution in [1.82, 2.24) is 0 Å². The number of hydrogen-bond acceptors (Lipinski definition) is 2. The molecule has 0 spiro atoms. The summed E-state index contributed by atoms with van der Waals surface area (Å²) in [4.78, 5) is 0. The minimum absolute atomic E-state index is 0.319. The lowest BCUT2D eigenvalue weighted by molar-refractivity contribution is 0.475. The molecule has 0 amide bonds. The fourth-order valence-corrected chi connectivity index (χ4v) is 1.24. The molecular formula is C6H10O3S. The highest BCUT2D eigenvalue weighted by atomic mass is 32.2. The Bertz CT molecular complexity index is 242. The van der Waals surface area contributed by atoms with Gasteiger partial charge < -0.3 is 0 Å². The normalized spacial score (nSPS) is 13.5. The molecule has 0 rings (SSSR count). The Kier molecular flexibility index (Phi) is 3.40. The van der Waals surface area contributed by atoms with Crippen LogP contribution in [0.5, 0.6) is 0 Å². The Balaban J connectivity index is 4.49. The highest BCUT2D eigenvalue weighted by molar-refractivity contribution is 7.86. The van der Waals surface area contributed by atoms with Gasteiger partial charge in [0.1, 0.15) is 5.25 Å². The quantitative estimate of drug-likeness (QED) is 0.479. The van der Waals surface area contributed by atoms with Gasteiger partial charge in [-0.2, -0.15) is 8.42 Å². The summed E-state index contributed by atoms with van der Waals surface area (Å²) in [7, 11) is -3.95. The van der Waals surface area contributed by atoms with Crippen molar-refractivity contribution in [2.24, 2.45) is 0 Å². The van der Waals surface area contributed by atoms with Crippen molar-refractivity contribution in [3.8, 4) is 11.8 Å². The van der Waals surface area contributed by atoms with Gasteiger partial charge in [0, 0.05) is 0 Å². The molecule has 0 fully saturated rings. The van der Waals surface area contributed by atoms with E-state index in [0.29, 0.717) is 6.42 Å². The van der Waals surface area contributed by atoms with Crippen molar-refractivity contribution in [2.45, 2.75) is 25.5 Å². The van der Waals surface area contributed by atoms with E-state index in [1.165, 1.54) is 6.92 Å². The standard InChI is InChI=1S/C6H10O3S/c1-3-5-6(4-2)10(7,8)9/h6H,4H2,1-2H3,(H,7,8,9). The third kappa shape index (κ3) is 2.85. The van der Waals surface area contributed by atoms with Gasteiger partial charge in [0.15, 0.2) is 0 Å². The van der Waals surface area contributed by atoms with E-state index in [1.807, 2.05) is 0 Å². The zero-order valence-electron chi connectivity index (χ0n) is 5.96. The molecule has 0 saturated heterocycles. The average molecular weight is 162 g/mol. The average Bonchev–Trinajstić information content (AvgIpc) is 1.80. The van der Waals surface area contributed by atoms with Gasteiger partial charge in [0.2, 0.25) is 0 Å². The van der Waals surface area contributed by atoms with Crippen LogP contribution in [0.15, 0.2) is 0 Å². The lowest BCUT2D eigenvalue weighted by atomic mass is 10.3. The van der Waals surface area contributed by atoms with Gasteiger partial charge in [-0.3, -0.25) is 4.55 Å². The van der Waals surface area contributed by atoms with Crippen LogP contribution in [-0.2, 0) is 10.1 Å². The van der Waals surface area contributed by atoms with Crippen molar-refractivity contribution in [3.05, 3.63) is 0 Å². The summed E-state index contributed by atoms with van der Waals surface area (Å²) in [5.41, 5.74) is 0. The molecule has 4 heteroatoms. The van der Waals surface area contributed by atoms with Gasteiger partial charge in [-0.25, -0.2) is 0 Å². The Morgan fingerprint density at radius 3 is 2.20 bits per heavy atom.